The molecule has 1 saturated carbocycles. The molecule has 1 heterocycles. The molecule has 0 aliphatic heterocycles. The van der Waals surface area contributed by atoms with Crippen LogP contribution >= 0.6 is 0 Å². The lowest BCUT2D eigenvalue weighted by Gasteiger charge is -2.24. The van der Waals surface area contributed by atoms with Gasteiger partial charge in [0, 0.05) is 31.9 Å². The number of hydrogen-bond donors (Lipinski definition) is 1. The topological polar surface area (TPSA) is 33.1 Å². The number of aryl methyl sites for hydroxylation is 1. The zero-order valence-electron chi connectivity index (χ0n) is 13.5. The van der Waals surface area contributed by atoms with Gasteiger partial charge in [-0.3, -0.25) is 0 Å². The van der Waals surface area contributed by atoms with Gasteiger partial charge in [-0.1, -0.05) is 26.7 Å². The van der Waals surface area contributed by atoms with E-state index in [1.165, 1.54) is 25.7 Å². The Hall–Kier alpha value is -1.03. The molecule has 1 aromatic heterocycles. The van der Waals surface area contributed by atoms with E-state index in [1.54, 1.807) is 0 Å². The van der Waals surface area contributed by atoms with Crippen LogP contribution in [0.15, 0.2) is 6.20 Å². The summed E-state index contributed by atoms with van der Waals surface area (Å²) in [5.74, 6) is 1.67. The van der Waals surface area contributed by atoms with E-state index in [9.17, 15) is 0 Å². The molecule has 1 aliphatic rings. The van der Waals surface area contributed by atoms with Crippen molar-refractivity contribution in [1.29, 1.82) is 0 Å². The molecule has 0 spiro atoms. The lowest BCUT2D eigenvalue weighted by atomic mass is 10.2. The van der Waals surface area contributed by atoms with E-state index in [2.05, 4.69) is 53.8 Å². The van der Waals surface area contributed by atoms with Crippen molar-refractivity contribution >= 4 is 5.95 Å². The Balaban J connectivity index is 1.81. The lowest BCUT2D eigenvalue weighted by Crippen LogP contribution is -2.33. The molecule has 1 aromatic rings. The Bertz CT molecular complexity index is 405. The molecule has 0 bridgehead atoms. The number of nitrogens with zero attached hydrogens (tertiary/aromatic N) is 3. The van der Waals surface area contributed by atoms with Crippen molar-refractivity contribution in [2.75, 3.05) is 25.5 Å². The third-order valence-corrected chi connectivity index (χ3v) is 4.15. The maximum absolute atomic E-state index is 4.59. The predicted octanol–water partition coefficient (Wildman–Crippen LogP) is 3.13. The second kappa shape index (κ2) is 7.11. The van der Waals surface area contributed by atoms with Crippen LogP contribution in [-0.4, -0.2) is 40.6 Å². The Morgan fingerprint density at radius 2 is 2.10 bits per heavy atom. The number of aromatic nitrogens is 2. The molecule has 20 heavy (non-hydrogen) atoms. The third-order valence-electron chi connectivity index (χ3n) is 4.15. The van der Waals surface area contributed by atoms with Gasteiger partial charge in [-0.25, -0.2) is 4.98 Å². The van der Waals surface area contributed by atoms with Crippen molar-refractivity contribution in [3.8, 4) is 0 Å². The highest BCUT2D eigenvalue weighted by atomic mass is 15.2. The SMILES string of the molecule is Cc1cn(CC(C)C)c(NCCN(C)C2CCCC2)n1. The summed E-state index contributed by atoms with van der Waals surface area (Å²) in [6, 6.07) is 0.800. The molecule has 114 valence electrons. The summed E-state index contributed by atoms with van der Waals surface area (Å²) in [5, 5.41) is 3.50. The van der Waals surface area contributed by atoms with Crippen molar-refractivity contribution in [3.05, 3.63) is 11.9 Å². The summed E-state index contributed by atoms with van der Waals surface area (Å²) in [6.45, 7) is 9.65. The first-order chi connectivity index (χ1) is 9.56. The van der Waals surface area contributed by atoms with Crippen LogP contribution in [0.1, 0.15) is 45.2 Å². The van der Waals surface area contributed by atoms with Crippen molar-refractivity contribution in [2.45, 2.75) is 59.0 Å². The Morgan fingerprint density at radius 3 is 2.75 bits per heavy atom. The molecule has 4 nitrogen and oxygen atoms in total. The number of rotatable bonds is 7. The fourth-order valence-electron chi connectivity index (χ4n) is 3.09. The monoisotopic (exact) mass is 278 g/mol. The second-order valence-electron chi connectivity index (χ2n) is 6.60. The van der Waals surface area contributed by atoms with Crippen molar-refractivity contribution in [1.82, 2.24) is 14.5 Å². The van der Waals surface area contributed by atoms with Crippen LogP contribution in [0.5, 0.6) is 0 Å². The maximum atomic E-state index is 4.59. The number of likely N-dealkylation sites (N-methyl/N-ethyl adjacent to an activating group) is 1. The summed E-state index contributed by atoms with van der Waals surface area (Å²) < 4.78 is 2.25. The minimum absolute atomic E-state index is 0.644. The van der Waals surface area contributed by atoms with Gasteiger partial charge in [-0.2, -0.15) is 0 Å². The van der Waals surface area contributed by atoms with Crippen LogP contribution in [0.4, 0.5) is 5.95 Å². The summed E-state index contributed by atoms with van der Waals surface area (Å²) in [6.07, 6.45) is 7.69. The van der Waals surface area contributed by atoms with E-state index in [1.807, 2.05) is 0 Å². The minimum atomic E-state index is 0.644. The molecular weight excluding hydrogens is 248 g/mol. The largest absolute Gasteiger partial charge is 0.354 e. The van der Waals surface area contributed by atoms with Gasteiger partial charge >= 0.3 is 0 Å². The number of imidazole rings is 1. The van der Waals surface area contributed by atoms with Gasteiger partial charge in [-0.05, 0) is 32.7 Å². The Morgan fingerprint density at radius 1 is 1.40 bits per heavy atom. The molecule has 0 atom stereocenters. The highest BCUT2D eigenvalue weighted by molar-refractivity contribution is 5.28. The number of hydrogen-bond acceptors (Lipinski definition) is 3. The molecule has 4 heteroatoms. The maximum Gasteiger partial charge on any atom is 0.203 e. The van der Waals surface area contributed by atoms with Gasteiger partial charge < -0.3 is 14.8 Å². The van der Waals surface area contributed by atoms with Crippen LogP contribution < -0.4 is 5.32 Å². The summed E-state index contributed by atoms with van der Waals surface area (Å²) in [4.78, 5) is 7.09. The van der Waals surface area contributed by atoms with Crippen LogP contribution in [0.2, 0.25) is 0 Å². The first kappa shape index (κ1) is 15.4. The minimum Gasteiger partial charge on any atom is -0.354 e. The second-order valence-corrected chi connectivity index (χ2v) is 6.60. The average Bonchev–Trinajstić information content (AvgIpc) is 2.99. The normalized spacial score (nSPS) is 16.5. The summed E-state index contributed by atoms with van der Waals surface area (Å²) in [7, 11) is 2.25. The van der Waals surface area contributed by atoms with E-state index in [-0.39, 0.29) is 0 Å². The van der Waals surface area contributed by atoms with E-state index in [4.69, 9.17) is 0 Å². The van der Waals surface area contributed by atoms with Crippen molar-refractivity contribution in [2.24, 2.45) is 5.92 Å². The highest BCUT2D eigenvalue weighted by Crippen LogP contribution is 2.22. The molecule has 0 amide bonds. The van der Waals surface area contributed by atoms with Gasteiger partial charge in [0.05, 0.1) is 5.69 Å². The molecule has 1 aliphatic carbocycles. The fraction of sp³-hybridized carbons (Fsp3) is 0.812. The van der Waals surface area contributed by atoms with Crippen LogP contribution in [0.3, 0.4) is 0 Å². The molecule has 0 saturated heterocycles. The standard InChI is InChI=1S/C16H30N4/c1-13(2)11-20-12-14(3)18-16(20)17-9-10-19(4)15-7-5-6-8-15/h12-13,15H,5-11H2,1-4H3,(H,17,18). The first-order valence-corrected chi connectivity index (χ1v) is 8.04. The van der Waals surface area contributed by atoms with Crippen LogP contribution in [-0.2, 0) is 6.54 Å². The highest BCUT2D eigenvalue weighted by Gasteiger charge is 2.19. The molecule has 0 unspecified atom stereocenters. The molecule has 1 N–H and O–H groups in total. The van der Waals surface area contributed by atoms with E-state index in [0.717, 1.165) is 37.3 Å². The number of anilines is 1. The quantitative estimate of drug-likeness (QED) is 0.832. The molecular formula is C16H30N4. The van der Waals surface area contributed by atoms with Gasteiger partial charge in [0.15, 0.2) is 0 Å². The van der Waals surface area contributed by atoms with Crippen molar-refractivity contribution < 1.29 is 0 Å². The van der Waals surface area contributed by atoms with E-state index >= 15 is 0 Å². The van der Waals surface area contributed by atoms with Gasteiger partial charge in [0.25, 0.3) is 0 Å². The lowest BCUT2D eigenvalue weighted by molar-refractivity contribution is 0.254. The first-order valence-electron chi connectivity index (χ1n) is 8.04. The van der Waals surface area contributed by atoms with Gasteiger partial charge in [0.1, 0.15) is 0 Å². The molecule has 1 fully saturated rings. The molecule has 0 aromatic carbocycles. The average molecular weight is 278 g/mol. The Labute approximate surface area is 123 Å². The summed E-state index contributed by atoms with van der Waals surface area (Å²) in [5.41, 5.74) is 1.09. The summed E-state index contributed by atoms with van der Waals surface area (Å²) >= 11 is 0. The molecule has 0 radical (unpaired) electrons. The van der Waals surface area contributed by atoms with Gasteiger partial charge in [-0.15, -0.1) is 0 Å². The van der Waals surface area contributed by atoms with Crippen molar-refractivity contribution in [3.63, 3.8) is 0 Å². The third kappa shape index (κ3) is 4.23. The van der Waals surface area contributed by atoms with E-state index in [0.29, 0.717) is 5.92 Å². The molecule has 2 rings (SSSR count). The fourth-order valence-corrected chi connectivity index (χ4v) is 3.09. The predicted molar refractivity (Wildman–Crippen MR) is 85.2 cm³/mol. The Kier molecular flexibility index (Phi) is 5.46. The van der Waals surface area contributed by atoms with Crippen LogP contribution in [0.25, 0.3) is 0 Å². The number of nitrogens with one attached hydrogen (secondary N) is 1. The zero-order chi connectivity index (χ0) is 14.5. The smallest absolute Gasteiger partial charge is 0.203 e. The van der Waals surface area contributed by atoms with E-state index < -0.39 is 0 Å². The van der Waals surface area contributed by atoms with Gasteiger partial charge in [0.2, 0.25) is 5.95 Å². The van der Waals surface area contributed by atoms with Crippen LogP contribution in [0, 0.1) is 12.8 Å². The zero-order valence-corrected chi connectivity index (χ0v) is 13.5.